The number of amides is 1. The number of hydrogen-bond donors (Lipinski definition) is 1. The third-order valence-electron chi connectivity index (χ3n) is 5.43. The van der Waals surface area contributed by atoms with E-state index in [1.165, 1.54) is 4.31 Å². The number of sulfonamides is 1. The van der Waals surface area contributed by atoms with E-state index in [4.69, 9.17) is 4.74 Å². The van der Waals surface area contributed by atoms with E-state index >= 15 is 0 Å². The minimum Gasteiger partial charge on any atom is -0.494 e. The Hall–Kier alpha value is -1.64. The fourth-order valence-corrected chi connectivity index (χ4v) is 5.10. The van der Waals surface area contributed by atoms with Crippen LogP contribution in [0.15, 0.2) is 29.2 Å². The number of carbonyl (C=O) groups excluding carboxylic acids is 1. The Kier molecular flexibility index (Phi) is 8.92. The van der Waals surface area contributed by atoms with Crippen molar-refractivity contribution < 1.29 is 17.9 Å². The van der Waals surface area contributed by atoms with Gasteiger partial charge < -0.3 is 10.1 Å². The molecular formula is C21H35N3O4S. The second-order valence-electron chi connectivity index (χ2n) is 7.60. The van der Waals surface area contributed by atoms with Crippen molar-refractivity contribution in [3.8, 4) is 5.75 Å². The van der Waals surface area contributed by atoms with Gasteiger partial charge in [-0.1, -0.05) is 6.92 Å². The van der Waals surface area contributed by atoms with Gasteiger partial charge in [-0.05, 0) is 64.4 Å². The van der Waals surface area contributed by atoms with Crippen molar-refractivity contribution in [2.45, 2.75) is 51.5 Å². The van der Waals surface area contributed by atoms with Crippen molar-refractivity contribution >= 4 is 15.9 Å². The van der Waals surface area contributed by atoms with Crippen LogP contribution in [-0.4, -0.2) is 68.9 Å². The van der Waals surface area contributed by atoms with Crippen LogP contribution in [0.3, 0.4) is 0 Å². The molecule has 7 nitrogen and oxygen atoms in total. The topological polar surface area (TPSA) is 79.0 Å². The summed E-state index contributed by atoms with van der Waals surface area (Å²) in [5.41, 5.74) is 0. The van der Waals surface area contributed by atoms with Gasteiger partial charge in [-0.25, -0.2) is 8.42 Å². The Morgan fingerprint density at radius 1 is 1.21 bits per heavy atom. The SMILES string of the molecule is CCOc1ccc(S(=O)(=O)N2CCC(C(=O)NCCN(CC)C(C)C)CC2)cc1. The summed E-state index contributed by atoms with van der Waals surface area (Å²) in [5, 5.41) is 3.01. The molecule has 164 valence electrons. The molecule has 0 aromatic heterocycles. The summed E-state index contributed by atoms with van der Waals surface area (Å²) >= 11 is 0. The van der Waals surface area contributed by atoms with Crippen molar-refractivity contribution in [2.24, 2.45) is 5.92 Å². The van der Waals surface area contributed by atoms with Crippen LogP contribution in [0, 0.1) is 5.92 Å². The summed E-state index contributed by atoms with van der Waals surface area (Å²) in [6.45, 7) is 11.9. The average molecular weight is 426 g/mol. The Bertz CT molecular complexity index is 742. The normalized spacial score (nSPS) is 16.3. The predicted octanol–water partition coefficient (Wildman–Crippen LogP) is 2.33. The van der Waals surface area contributed by atoms with E-state index in [2.05, 4.69) is 31.0 Å². The Balaban J connectivity index is 1.85. The lowest BCUT2D eigenvalue weighted by molar-refractivity contribution is -0.126. The molecule has 0 aliphatic carbocycles. The van der Waals surface area contributed by atoms with E-state index in [-0.39, 0.29) is 16.7 Å². The zero-order valence-electron chi connectivity index (χ0n) is 18.1. The van der Waals surface area contributed by atoms with Crippen molar-refractivity contribution in [1.82, 2.24) is 14.5 Å². The molecule has 1 aromatic carbocycles. The van der Waals surface area contributed by atoms with E-state index in [1.54, 1.807) is 24.3 Å². The predicted molar refractivity (Wildman–Crippen MR) is 114 cm³/mol. The first-order valence-corrected chi connectivity index (χ1v) is 12.0. The minimum absolute atomic E-state index is 0.0305. The van der Waals surface area contributed by atoms with Crippen LogP contribution in [0.4, 0.5) is 0 Å². The van der Waals surface area contributed by atoms with Gasteiger partial charge in [-0.3, -0.25) is 9.69 Å². The van der Waals surface area contributed by atoms with Crippen LogP contribution >= 0.6 is 0 Å². The zero-order chi connectivity index (χ0) is 21.4. The van der Waals surface area contributed by atoms with Gasteiger partial charge in [0, 0.05) is 38.1 Å². The van der Waals surface area contributed by atoms with Gasteiger partial charge in [-0.15, -0.1) is 0 Å². The maximum absolute atomic E-state index is 12.9. The first kappa shape index (κ1) is 23.6. The second kappa shape index (κ2) is 10.9. The number of benzene rings is 1. The molecule has 0 radical (unpaired) electrons. The fourth-order valence-electron chi connectivity index (χ4n) is 3.63. The van der Waals surface area contributed by atoms with Crippen LogP contribution < -0.4 is 10.1 Å². The van der Waals surface area contributed by atoms with Crippen LogP contribution in [0.1, 0.15) is 40.5 Å². The Morgan fingerprint density at radius 2 is 1.83 bits per heavy atom. The number of rotatable bonds is 10. The molecule has 0 unspecified atom stereocenters. The van der Waals surface area contributed by atoms with E-state index in [1.807, 2.05) is 6.92 Å². The minimum atomic E-state index is -3.54. The molecule has 0 spiro atoms. The summed E-state index contributed by atoms with van der Waals surface area (Å²) in [6, 6.07) is 6.95. The second-order valence-corrected chi connectivity index (χ2v) is 9.53. The monoisotopic (exact) mass is 425 g/mol. The van der Waals surface area contributed by atoms with Crippen molar-refractivity contribution in [1.29, 1.82) is 0 Å². The molecule has 1 aliphatic rings. The molecule has 1 aliphatic heterocycles. The number of hydrogen-bond acceptors (Lipinski definition) is 5. The summed E-state index contributed by atoms with van der Waals surface area (Å²) in [4.78, 5) is 15.0. The van der Waals surface area contributed by atoms with Gasteiger partial charge in [0.05, 0.1) is 11.5 Å². The van der Waals surface area contributed by atoms with Gasteiger partial charge in [0.2, 0.25) is 15.9 Å². The summed E-state index contributed by atoms with van der Waals surface area (Å²) in [5.74, 6) is 0.555. The molecule has 1 amide bonds. The number of likely N-dealkylation sites (N-methyl/N-ethyl adjacent to an activating group) is 1. The lowest BCUT2D eigenvalue weighted by atomic mass is 9.97. The largest absolute Gasteiger partial charge is 0.494 e. The maximum Gasteiger partial charge on any atom is 0.243 e. The molecule has 1 saturated heterocycles. The van der Waals surface area contributed by atoms with Gasteiger partial charge in [0.25, 0.3) is 0 Å². The van der Waals surface area contributed by atoms with Crippen molar-refractivity contribution in [3.63, 3.8) is 0 Å². The molecule has 0 bridgehead atoms. The average Bonchev–Trinajstić information content (AvgIpc) is 2.71. The first-order chi connectivity index (χ1) is 13.8. The number of carbonyl (C=O) groups is 1. The third kappa shape index (κ3) is 6.42. The van der Waals surface area contributed by atoms with Crippen LogP contribution in [-0.2, 0) is 14.8 Å². The standard InChI is InChI=1S/C21H35N3O4S/c1-5-23(17(3)4)16-13-22-21(25)18-11-14-24(15-12-18)29(26,27)20-9-7-19(8-10-20)28-6-2/h7-10,17-18H,5-6,11-16H2,1-4H3,(H,22,25). The first-order valence-electron chi connectivity index (χ1n) is 10.5. The highest BCUT2D eigenvalue weighted by Gasteiger charge is 2.32. The van der Waals surface area contributed by atoms with Crippen LogP contribution in [0.2, 0.25) is 0 Å². The Labute approximate surface area is 175 Å². The molecule has 1 fully saturated rings. The van der Waals surface area contributed by atoms with Gasteiger partial charge in [0.1, 0.15) is 5.75 Å². The van der Waals surface area contributed by atoms with Crippen LogP contribution in [0.5, 0.6) is 5.75 Å². The smallest absolute Gasteiger partial charge is 0.243 e. The van der Waals surface area contributed by atoms with E-state index < -0.39 is 10.0 Å². The molecule has 1 heterocycles. The molecule has 1 aromatic rings. The highest BCUT2D eigenvalue weighted by atomic mass is 32.2. The molecule has 2 rings (SSSR count). The highest BCUT2D eigenvalue weighted by molar-refractivity contribution is 7.89. The summed E-state index contributed by atoms with van der Waals surface area (Å²) in [7, 11) is -3.54. The zero-order valence-corrected chi connectivity index (χ0v) is 18.9. The lowest BCUT2D eigenvalue weighted by Crippen LogP contribution is -2.44. The van der Waals surface area contributed by atoms with E-state index in [9.17, 15) is 13.2 Å². The van der Waals surface area contributed by atoms with Crippen molar-refractivity contribution in [2.75, 3.05) is 39.3 Å². The number of nitrogens with one attached hydrogen (secondary N) is 1. The number of nitrogens with zero attached hydrogens (tertiary/aromatic N) is 2. The fraction of sp³-hybridized carbons (Fsp3) is 0.667. The third-order valence-corrected chi connectivity index (χ3v) is 7.34. The van der Waals surface area contributed by atoms with Gasteiger partial charge in [-0.2, -0.15) is 4.31 Å². The highest BCUT2D eigenvalue weighted by Crippen LogP contribution is 2.25. The maximum atomic E-state index is 12.9. The molecule has 29 heavy (non-hydrogen) atoms. The molecule has 0 saturated carbocycles. The lowest BCUT2D eigenvalue weighted by Gasteiger charge is -2.31. The Morgan fingerprint density at radius 3 is 2.34 bits per heavy atom. The number of piperidine rings is 1. The van der Waals surface area contributed by atoms with Gasteiger partial charge in [0.15, 0.2) is 0 Å². The molecular weight excluding hydrogens is 390 g/mol. The summed E-state index contributed by atoms with van der Waals surface area (Å²) in [6.07, 6.45) is 1.09. The quantitative estimate of drug-likeness (QED) is 0.622. The number of ether oxygens (including phenoxy) is 1. The molecule has 0 atom stereocenters. The van der Waals surface area contributed by atoms with E-state index in [0.717, 1.165) is 13.1 Å². The van der Waals surface area contributed by atoms with Gasteiger partial charge >= 0.3 is 0 Å². The molecule has 1 N–H and O–H groups in total. The van der Waals surface area contributed by atoms with Crippen molar-refractivity contribution in [3.05, 3.63) is 24.3 Å². The molecule has 8 heteroatoms. The summed E-state index contributed by atoms with van der Waals surface area (Å²) < 4.78 is 32.6. The van der Waals surface area contributed by atoms with Crippen LogP contribution in [0.25, 0.3) is 0 Å². The van der Waals surface area contributed by atoms with E-state index in [0.29, 0.717) is 50.9 Å².